The van der Waals surface area contributed by atoms with Crippen LogP contribution in [-0.4, -0.2) is 26.2 Å². The molecule has 0 rings (SSSR count). The molecule has 4 nitrogen and oxygen atoms in total. The number of esters is 2. The van der Waals surface area contributed by atoms with Gasteiger partial charge in [-0.1, -0.05) is 27.7 Å². The molecule has 0 aliphatic heterocycles. The van der Waals surface area contributed by atoms with Crippen molar-refractivity contribution in [3.05, 3.63) is 0 Å². The van der Waals surface area contributed by atoms with Crippen molar-refractivity contribution in [2.75, 3.05) is 14.2 Å². The molecule has 0 amide bonds. The Morgan fingerprint density at radius 1 is 1.11 bits per heavy atom. The van der Waals surface area contributed by atoms with Gasteiger partial charge in [0.2, 0.25) is 0 Å². The lowest BCUT2D eigenvalue weighted by molar-refractivity contribution is -0.152. The Hall–Kier alpha value is -1.06. The summed E-state index contributed by atoms with van der Waals surface area (Å²) in [6.07, 6.45) is 1.75. The first-order valence-electron chi connectivity index (χ1n) is 6.34. The lowest BCUT2D eigenvalue weighted by Gasteiger charge is -2.25. The second-order valence-electron chi connectivity index (χ2n) is 6.11. The van der Waals surface area contributed by atoms with Crippen molar-refractivity contribution in [1.29, 1.82) is 0 Å². The van der Waals surface area contributed by atoms with Crippen molar-refractivity contribution < 1.29 is 19.1 Å². The Kier molecular flexibility index (Phi) is 6.96. The number of ether oxygens (including phenoxy) is 2. The molecule has 2 atom stereocenters. The lowest BCUT2D eigenvalue weighted by atomic mass is 9.81. The number of carbonyl (C=O) groups is 2. The van der Waals surface area contributed by atoms with Gasteiger partial charge in [0.25, 0.3) is 0 Å². The predicted octanol–water partition coefficient (Wildman–Crippen LogP) is 2.80. The predicted molar refractivity (Wildman–Crippen MR) is 70.0 cm³/mol. The molecule has 0 aliphatic carbocycles. The van der Waals surface area contributed by atoms with Gasteiger partial charge in [-0.05, 0) is 24.2 Å². The lowest BCUT2D eigenvalue weighted by Crippen LogP contribution is -2.24. The van der Waals surface area contributed by atoms with Crippen LogP contribution in [0.5, 0.6) is 0 Å². The third-order valence-corrected chi connectivity index (χ3v) is 2.82. The minimum Gasteiger partial charge on any atom is -0.469 e. The molecular formula is C14H26O4. The molecule has 0 aliphatic rings. The second kappa shape index (κ2) is 7.39. The quantitative estimate of drug-likeness (QED) is 0.687. The van der Waals surface area contributed by atoms with Crippen molar-refractivity contribution in [2.24, 2.45) is 17.3 Å². The van der Waals surface area contributed by atoms with E-state index in [4.69, 9.17) is 4.74 Å². The fourth-order valence-corrected chi connectivity index (χ4v) is 2.33. The average Bonchev–Trinajstić information content (AvgIpc) is 2.24. The zero-order valence-electron chi connectivity index (χ0n) is 12.4. The maximum absolute atomic E-state index is 11.6. The van der Waals surface area contributed by atoms with E-state index in [0.29, 0.717) is 12.3 Å². The molecule has 0 spiro atoms. The van der Waals surface area contributed by atoms with E-state index in [0.717, 1.165) is 6.42 Å². The maximum atomic E-state index is 11.6. The van der Waals surface area contributed by atoms with Gasteiger partial charge in [0.05, 0.1) is 26.6 Å². The summed E-state index contributed by atoms with van der Waals surface area (Å²) in [6, 6.07) is 0. The van der Waals surface area contributed by atoms with E-state index in [-0.39, 0.29) is 23.8 Å². The normalized spacial score (nSPS) is 14.8. The molecule has 4 heteroatoms. The van der Waals surface area contributed by atoms with E-state index in [9.17, 15) is 9.59 Å². The molecule has 0 aromatic carbocycles. The van der Waals surface area contributed by atoms with Gasteiger partial charge in [0, 0.05) is 0 Å². The third kappa shape index (κ3) is 7.30. The minimum atomic E-state index is -0.403. The highest BCUT2D eigenvalue weighted by Crippen LogP contribution is 2.29. The van der Waals surface area contributed by atoms with Crippen LogP contribution in [-0.2, 0) is 19.1 Å². The summed E-state index contributed by atoms with van der Waals surface area (Å²) in [7, 11) is 2.68. The molecule has 0 heterocycles. The van der Waals surface area contributed by atoms with Crippen LogP contribution in [0.25, 0.3) is 0 Å². The van der Waals surface area contributed by atoms with Crippen molar-refractivity contribution in [1.82, 2.24) is 0 Å². The van der Waals surface area contributed by atoms with E-state index in [1.54, 1.807) is 0 Å². The molecule has 0 aromatic heterocycles. The molecule has 2 unspecified atom stereocenters. The monoisotopic (exact) mass is 258 g/mol. The van der Waals surface area contributed by atoms with Gasteiger partial charge in [-0.3, -0.25) is 9.59 Å². The van der Waals surface area contributed by atoms with Crippen LogP contribution in [0.15, 0.2) is 0 Å². The summed E-state index contributed by atoms with van der Waals surface area (Å²) in [6.45, 7) is 8.59. The molecular weight excluding hydrogens is 232 g/mol. The summed E-state index contributed by atoms with van der Waals surface area (Å²) in [5.41, 5.74) is 0.214. The average molecular weight is 258 g/mol. The Morgan fingerprint density at radius 2 is 1.67 bits per heavy atom. The van der Waals surface area contributed by atoms with Crippen LogP contribution in [0.1, 0.15) is 47.0 Å². The van der Waals surface area contributed by atoms with Crippen molar-refractivity contribution in [3.63, 3.8) is 0 Å². The standard InChI is InChI=1S/C14H26O4/c1-10(9-14(2,3)4)7-11(13(16)18-6)8-12(15)17-5/h10-11H,7-9H2,1-6H3. The van der Waals surface area contributed by atoms with Gasteiger partial charge in [0.15, 0.2) is 0 Å². The van der Waals surface area contributed by atoms with Gasteiger partial charge in [0.1, 0.15) is 0 Å². The summed E-state index contributed by atoms with van der Waals surface area (Å²) < 4.78 is 9.35. The van der Waals surface area contributed by atoms with Crippen LogP contribution in [0, 0.1) is 17.3 Å². The number of rotatable bonds is 6. The van der Waals surface area contributed by atoms with E-state index in [2.05, 4.69) is 32.4 Å². The van der Waals surface area contributed by atoms with Crippen LogP contribution in [0.2, 0.25) is 0 Å². The van der Waals surface area contributed by atoms with Gasteiger partial charge in [-0.15, -0.1) is 0 Å². The molecule has 0 N–H and O–H groups in total. The van der Waals surface area contributed by atoms with Gasteiger partial charge < -0.3 is 9.47 Å². The van der Waals surface area contributed by atoms with Crippen molar-refractivity contribution >= 4 is 11.9 Å². The highest BCUT2D eigenvalue weighted by atomic mass is 16.5. The van der Waals surface area contributed by atoms with Crippen molar-refractivity contribution in [2.45, 2.75) is 47.0 Å². The zero-order chi connectivity index (χ0) is 14.3. The molecule has 0 radical (unpaired) electrons. The maximum Gasteiger partial charge on any atom is 0.309 e. The largest absolute Gasteiger partial charge is 0.469 e. The van der Waals surface area contributed by atoms with Crippen LogP contribution in [0.3, 0.4) is 0 Å². The summed E-state index contributed by atoms with van der Waals surface area (Å²) in [5.74, 6) is -0.743. The summed E-state index contributed by atoms with van der Waals surface area (Å²) >= 11 is 0. The van der Waals surface area contributed by atoms with E-state index < -0.39 is 5.92 Å². The third-order valence-electron chi connectivity index (χ3n) is 2.82. The van der Waals surface area contributed by atoms with Crippen LogP contribution in [0.4, 0.5) is 0 Å². The number of methoxy groups -OCH3 is 2. The second-order valence-corrected chi connectivity index (χ2v) is 6.11. The van der Waals surface area contributed by atoms with Crippen LogP contribution >= 0.6 is 0 Å². The Morgan fingerprint density at radius 3 is 2.06 bits per heavy atom. The summed E-state index contributed by atoms with van der Waals surface area (Å²) in [4.78, 5) is 22.9. The fourth-order valence-electron chi connectivity index (χ4n) is 2.33. The topological polar surface area (TPSA) is 52.6 Å². The Bertz CT molecular complexity index is 278. The first-order valence-corrected chi connectivity index (χ1v) is 6.34. The summed E-state index contributed by atoms with van der Waals surface area (Å²) in [5, 5.41) is 0. The van der Waals surface area contributed by atoms with Gasteiger partial charge >= 0.3 is 11.9 Å². The highest BCUT2D eigenvalue weighted by Gasteiger charge is 2.27. The smallest absolute Gasteiger partial charge is 0.309 e. The first-order chi connectivity index (χ1) is 8.19. The zero-order valence-corrected chi connectivity index (χ0v) is 12.4. The van der Waals surface area contributed by atoms with Crippen LogP contribution < -0.4 is 0 Å². The molecule has 18 heavy (non-hydrogen) atoms. The minimum absolute atomic E-state index is 0.0949. The van der Waals surface area contributed by atoms with E-state index in [1.807, 2.05) is 0 Å². The highest BCUT2D eigenvalue weighted by molar-refractivity contribution is 5.79. The number of hydrogen-bond donors (Lipinski definition) is 0. The molecule has 0 saturated heterocycles. The molecule has 106 valence electrons. The molecule has 0 aromatic rings. The Balaban J connectivity index is 4.49. The first kappa shape index (κ1) is 16.9. The van der Waals surface area contributed by atoms with Gasteiger partial charge in [-0.2, -0.15) is 0 Å². The van der Waals surface area contributed by atoms with E-state index in [1.165, 1.54) is 14.2 Å². The fraction of sp³-hybridized carbons (Fsp3) is 0.857. The van der Waals surface area contributed by atoms with E-state index >= 15 is 0 Å². The molecule has 0 fully saturated rings. The number of hydrogen-bond acceptors (Lipinski definition) is 4. The molecule has 0 saturated carbocycles. The van der Waals surface area contributed by atoms with Gasteiger partial charge in [-0.25, -0.2) is 0 Å². The molecule has 0 bridgehead atoms. The Labute approximate surface area is 110 Å². The van der Waals surface area contributed by atoms with Crippen molar-refractivity contribution in [3.8, 4) is 0 Å². The number of carbonyl (C=O) groups excluding carboxylic acids is 2. The SMILES string of the molecule is COC(=O)CC(CC(C)CC(C)(C)C)C(=O)OC.